The maximum atomic E-state index is 5.93. The lowest BCUT2D eigenvalue weighted by Gasteiger charge is -2.32. The van der Waals surface area contributed by atoms with Gasteiger partial charge in [-0.1, -0.05) is 0 Å². The summed E-state index contributed by atoms with van der Waals surface area (Å²) in [6, 6.07) is 1.00. The molecule has 5 heteroatoms. The molecule has 5 nitrogen and oxygen atoms in total. The Balaban J connectivity index is 0.000000295. The Bertz CT molecular complexity index is 221. The van der Waals surface area contributed by atoms with Crippen LogP contribution in [-0.2, 0) is 0 Å². The van der Waals surface area contributed by atoms with Crippen molar-refractivity contribution in [3.05, 3.63) is 0 Å². The van der Waals surface area contributed by atoms with E-state index in [1.165, 1.54) is 57.8 Å². The van der Waals surface area contributed by atoms with Gasteiger partial charge in [0, 0.05) is 38.3 Å². The predicted octanol–water partition coefficient (Wildman–Crippen LogP) is 0.905. The molecule has 2 aliphatic rings. The van der Waals surface area contributed by atoms with Crippen LogP contribution in [0.1, 0.15) is 57.8 Å². The van der Waals surface area contributed by atoms with Crippen molar-refractivity contribution in [3.8, 4) is 0 Å². The average Bonchev–Trinajstić information content (AvgIpc) is 2.53. The third kappa shape index (κ3) is 9.06. The zero-order chi connectivity index (χ0) is 16.2. The normalized spacial score (nSPS) is 32.2. The number of rotatable bonds is 6. The van der Waals surface area contributed by atoms with E-state index in [9.17, 15) is 0 Å². The van der Waals surface area contributed by atoms with Crippen molar-refractivity contribution in [2.24, 2.45) is 34.8 Å². The molecule has 0 aromatic carbocycles. The van der Waals surface area contributed by atoms with Crippen molar-refractivity contribution in [3.63, 3.8) is 0 Å². The summed E-state index contributed by atoms with van der Waals surface area (Å²) < 4.78 is 0. The Morgan fingerprint density at radius 3 is 1.32 bits per heavy atom. The summed E-state index contributed by atoms with van der Waals surface area (Å²) in [5, 5.41) is 3.03. The highest BCUT2D eigenvalue weighted by molar-refractivity contribution is 4.80. The van der Waals surface area contributed by atoms with Crippen LogP contribution in [0.3, 0.4) is 0 Å². The highest BCUT2D eigenvalue weighted by Crippen LogP contribution is 2.34. The molecule has 0 aliphatic heterocycles. The van der Waals surface area contributed by atoms with Gasteiger partial charge >= 0.3 is 0 Å². The third-order valence-electron chi connectivity index (χ3n) is 5.09. The van der Waals surface area contributed by atoms with E-state index in [4.69, 9.17) is 22.9 Å². The molecule has 2 saturated carbocycles. The summed E-state index contributed by atoms with van der Waals surface area (Å²) in [6.07, 6.45) is 12.0. The summed E-state index contributed by atoms with van der Waals surface area (Å²) in [5.41, 5.74) is 22.2. The van der Waals surface area contributed by atoms with Crippen LogP contribution in [0.15, 0.2) is 0 Å². The molecule has 0 heterocycles. The molecule has 0 bridgehead atoms. The molecule has 0 spiro atoms. The van der Waals surface area contributed by atoms with E-state index in [0.717, 1.165) is 24.9 Å². The van der Waals surface area contributed by atoms with Crippen LogP contribution in [0.5, 0.6) is 0 Å². The van der Waals surface area contributed by atoms with Gasteiger partial charge in [0.25, 0.3) is 0 Å². The van der Waals surface area contributed by atoms with Gasteiger partial charge in [-0.25, -0.2) is 0 Å². The number of nitrogens with two attached hydrogens (primary N) is 4. The van der Waals surface area contributed by atoms with Crippen LogP contribution in [0.2, 0.25) is 0 Å². The molecular formula is C17H39N5. The summed E-state index contributed by atoms with van der Waals surface area (Å²) in [6.45, 7) is 3.13. The van der Waals surface area contributed by atoms with Gasteiger partial charge in [0.1, 0.15) is 0 Å². The van der Waals surface area contributed by atoms with E-state index in [1.54, 1.807) is 0 Å². The first-order valence-corrected chi connectivity index (χ1v) is 9.27. The highest BCUT2D eigenvalue weighted by Gasteiger charge is 2.24. The van der Waals surface area contributed by atoms with Crippen molar-refractivity contribution >= 4 is 0 Å². The number of nitrogens with one attached hydrogen (secondary N) is 1. The van der Waals surface area contributed by atoms with Gasteiger partial charge in [-0.2, -0.15) is 0 Å². The van der Waals surface area contributed by atoms with Crippen LogP contribution in [-0.4, -0.2) is 38.3 Å². The Kier molecular flexibility index (Phi) is 11.1. The fourth-order valence-corrected chi connectivity index (χ4v) is 3.65. The summed E-state index contributed by atoms with van der Waals surface area (Å²) in [5.74, 6) is 1.95. The Hall–Kier alpha value is -0.200. The van der Waals surface area contributed by atoms with Crippen molar-refractivity contribution in [1.82, 2.24) is 5.32 Å². The Morgan fingerprint density at radius 2 is 1.00 bits per heavy atom. The van der Waals surface area contributed by atoms with Crippen molar-refractivity contribution < 1.29 is 0 Å². The minimum atomic E-state index is 0.501. The molecule has 0 amide bonds. The van der Waals surface area contributed by atoms with Crippen molar-refractivity contribution in [2.45, 2.75) is 69.9 Å². The molecule has 22 heavy (non-hydrogen) atoms. The minimum Gasteiger partial charge on any atom is -0.329 e. The molecule has 0 saturated heterocycles. The third-order valence-corrected chi connectivity index (χ3v) is 5.09. The van der Waals surface area contributed by atoms with E-state index in [-0.39, 0.29) is 0 Å². The van der Waals surface area contributed by atoms with E-state index in [1.807, 2.05) is 0 Å². The smallest absolute Gasteiger partial charge is 0.00750 e. The summed E-state index contributed by atoms with van der Waals surface area (Å²) >= 11 is 0. The molecule has 2 fully saturated rings. The van der Waals surface area contributed by atoms with Crippen molar-refractivity contribution in [2.75, 3.05) is 26.2 Å². The van der Waals surface area contributed by atoms with Crippen molar-refractivity contribution in [1.29, 1.82) is 0 Å². The van der Waals surface area contributed by atoms with E-state index in [2.05, 4.69) is 5.32 Å². The fourth-order valence-electron chi connectivity index (χ4n) is 3.65. The second kappa shape index (κ2) is 12.3. The largest absolute Gasteiger partial charge is 0.329 e. The first kappa shape index (κ1) is 19.8. The van der Waals surface area contributed by atoms with Gasteiger partial charge in [0.15, 0.2) is 0 Å². The summed E-state index contributed by atoms with van der Waals surface area (Å²) in [7, 11) is 0. The van der Waals surface area contributed by atoms with Crippen LogP contribution in [0.25, 0.3) is 0 Å². The lowest BCUT2D eigenvalue weighted by atomic mass is 9.76. The zero-order valence-corrected chi connectivity index (χ0v) is 14.3. The molecular weight excluding hydrogens is 274 g/mol. The first-order valence-electron chi connectivity index (χ1n) is 9.27. The SMILES string of the molecule is NC1CCC(CC2CCC(N)CC2)CC1.NCCNCCN. The molecule has 2 rings (SSSR count). The number of hydrogen-bond acceptors (Lipinski definition) is 5. The maximum Gasteiger partial charge on any atom is 0.00750 e. The maximum absolute atomic E-state index is 5.93. The Labute approximate surface area is 136 Å². The molecule has 132 valence electrons. The van der Waals surface area contributed by atoms with Gasteiger partial charge in [-0.15, -0.1) is 0 Å². The molecule has 9 N–H and O–H groups in total. The number of hydrogen-bond donors (Lipinski definition) is 5. The van der Waals surface area contributed by atoms with Crippen LogP contribution >= 0.6 is 0 Å². The molecule has 0 aromatic heterocycles. The van der Waals surface area contributed by atoms with Gasteiger partial charge < -0.3 is 28.3 Å². The van der Waals surface area contributed by atoms with Gasteiger partial charge in [0.2, 0.25) is 0 Å². The second-order valence-corrected chi connectivity index (χ2v) is 7.12. The van der Waals surface area contributed by atoms with Crippen LogP contribution in [0.4, 0.5) is 0 Å². The lowest BCUT2D eigenvalue weighted by molar-refractivity contribution is 0.225. The summed E-state index contributed by atoms with van der Waals surface area (Å²) in [4.78, 5) is 0. The molecule has 2 aliphatic carbocycles. The van der Waals surface area contributed by atoms with Crippen LogP contribution in [0, 0.1) is 11.8 Å². The first-order chi connectivity index (χ1) is 10.7. The molecule has 0 aromatic rings. The monoisotopic (exact) mass is 313 g/mol. The fraction of sp³-hybridized carbons (Fsp3) is 1.00. The van der Waals surface area contributed by atoms with Crippen LogP contribution < -0.4 is 28.3 Å². The second-order valence-electron chi connectivity index (χ2n) is 7.12. The van der Waals surface area contributed by atoms with Gasteiger partial charge in [-0.05, 0) is 69.6 Å². The zero-order valence-electron chi connectivity index (χ0n) is 14.3. The van der Waals surface area contributed by atoms with Gasteiger partial charge in [0.05, 0.1) is 0 Å². The minimum absolute atomic E-state index is 0.501. The highest BCUT2D eigenvalue weighted by atomic mass is 14.9. The van der Waals surface area contributed by atoms with E-state index < -0.39 is 0 Å². The quantitative estimate of drug-likeness (QED) is 0.467. The predicted molar refractivity (Wildman–Crippen MR) is 95.5 cm³/mol. The lowest BCUT2D eigenvalue weighted by Crippen LogP contribution is -2.30. The van der Waals surface area contributed by atoms with Gasteiger partial charge in [-0.3, -0.25) is 0 Å². The standard InChI is InChI=1S/C13H26N2.C4H13N3/c14-12-5-1-10(2-6-12)9-11-3-7-13(15)8-4-11;5-1-3-7-4-2-6/h10-13H,1-9,14-15H2;7H,1-6H2. The van der Waals surface area contributed by atoms with E-state index >= 15 is 0 Å². The Morgan fingerprint density at radius 1 is 0.636 bits per heavy atom. The molecule has 0 radical (unpaired) electrons. The molecule has 0 atom stereocenters. The average molecular weight is 314 g/mol. The van der Waals surface area contributed by atoms with E-state index in [0.29, 0.717) is 25.2 Å². The topological polar surface area (TPSA) is 116 Å². The molecule has 0 unspecified atom stereocenters.